The van der Waals surface area contributed by atoms with E-state index in [0.29, 0.717) is 6.61 Å². The van der Waals surface area contributed by atoms with Crippen LogP contribution < -0.4 is 0 Å². The lowest BCUT2D eigenvalue weighted by molar-refractivity contribution is -0.119. The molecule has 0 unspecified atom stereocenters. The summed E-state index contributed by atoms with van der Waals surface area (Å²) in [5.74, 6) is -0.101. The minimum atomic E-state index is -0.213. The molecule has 0 aliphatic carbocycles. The number of benzene rings is 1. The van der Waals surface area contributed by atoms with Gasteiger partial charge in [0.2, 0.25) is 0 Å². The highest BCUT2D eigenvalue weighted by atomic mass is 16.6. The fourth-order valence-electron chi connectivity index (χ4n) is 2.44. The van der Waals surface area contributed by atoms with E-state index in [1.54, 1.807) is 6.92 Å². The van der Waals surface area contributed by atoms with Crippen molar-refractivity contribution in [3.8, 4) is 0 Å². The monoisotopic (exact) mass is 231 g/mol. The van der Waals surface area contributed by atoms with Gasteiger partial charge in [0.15, 0.2) is 0 Å². The number of Topliss-reactive ketones (excluding diaryl/α,β-unsaturated/α-hetero) is 1. The third-order valence-electron chi connectivity index (χ3n) is 3.16. The van der Waals surface area contributed by atoms with Crippen LogP contribution >= 0.6 is 0 Å². The Labute approximate surface area is 101 Å². The number of aryl methyl sites for hydroxylation is 3. The number of hydrogen-bond acceptors (Lipinski definition) is 3. The highest BCUT2D eigenvalue weighted by molar-refractivity contribution is 6.15. The first-order chi connectivity index (χ1) is 8.00. The summed E-state index contributed by atoms with van der Waals surface area (Å²) in [6.07, 6.45) is 0. The van der Waals surface area contributed by atoms with Crippen molar-refractivity contribution < 1.29 is 9.63 Å². The highest BCUT2D eigenvalue weighted by Gasteiger charge is 2.30. The van der Waals surface area contributed by atoms with Crippen molar-refractivity contribution in [2.75, 3.05) is 6.61 Å². The maximum absolute atomic E-state index is 11.6. The van der Waals surface area contributed by atoms with Gasteiger partial charge in [-0.1, -0.05) is 22.9 Å². The summed E-state index contributed by atoms with van der Waals surface area (Å²) in [4.78, 5) is 16.7. The number of oxime groups is 1. The maximum atomic E-state index is 11.6. The molecule has 1 aliphatic rings. The second kappa shape index (κ2) is 4.32. The summed E-state index contributed by atoms with van der Waals surface area (Å²) < 4.78 is 0. The molecule has 1 aromatic rings. The van der Waals surface area contributed by atoms with Gasteiger partial charge in [-0.25, -0.2) is 0 Å². The molecule has 0 bridgehead atoms. The fraction of sp³-hybridized carbons (Fsp3) is 0.429. The van der Waals surface area contributed by atoms with Crippen molar-refractivity contribution in [2.24, 2.45) is 11.1 Å². The molecule has 0 aromatic heterocycles. The van der Waals surface area contributed by atoms with Crippen LogP contribution in [0.1, 0.15) is 29.2 Å². The molecule has 17 heavy (non-hydrogen) atoms. The van der Waals surface area contributed by atoms with Gasteiger partial charge in [-0.15, -0.1) is 0 Å². The first-order valence-corrected chi connectivity index (χ1v) is 5.79. The van der Waals surface area contributed by atoms with Crippen molar-refractivity contribution >= 4 is 11.5 Å². The fourth-order valence-corrected chi connectivity index (χ4v) is 2.44. The van der Waals surface area contributed by atoms with Crippen LogP contribution in [-0.2, 0) is 9.63 Å². The zero-order chi connectivity index (χ0) is 12.6. The summed E-state index contributed by atoms with van der Waals surface area (Å²) in [5.41, 5.74) is 5.37. The van der Waals surface area contributed by atoms with Crippen LogP contribution in [-0.4, -0.2) is 18.1 Å². The van der Waals surface area contributed by atoms with Gasteiger partial charge in [0.1, 0.15) is 24.0 Å². The van der Waals surface area contributed by atoms with Crippen LogP contribution in [0.3, 0.4) is 0 Å². The Kier molecular flexibility index (Phi) is 3.01. The molecule has 0 radical (unpaired) electrons. The second-order valence-corrected chi connectivity index (χ2v) is 4.71. The molecule has 0 fully saturated rings. The molecule has 0 saturated carbocycles. The highest BCUT2D eigenvalue weighted by Crippen LogP contribution is 2.24. The van der Waals surface area contributed by atoms with Gasteiger partial charge in [0.05, 0.1) is 0 Å². The second-order valence-electron chi connectivity index (χ2n) is 4.71. The molecular weight excluding hydrogens is 214 g/mol. The Bertz CT molecular complexity index is 480. The van der Waals surface area contributed by atoms with Gasteiger partial charge < -0.3 is 4.84 Å². The van der Waals surface area contributed by atoms with Crippen LogP contribution in [0.4, 0.5) is 0 Å². The molecule has 90 valence electrons. The lowest BCUT2D eigenvalue weighted by Crippen LogP contribution is -2.23. The van der Waals surface area contributed by atoms with Crippen molar-refractivity contribution in [3.05, 3.63) is 34.4 Å². The molecule has 1 aromatic carbocycles. The van der Waals surface area contributed by atoms with Crippen LogP contribution in [0, 0.1) is 26.7 Å². The number of ketones is 1. The van der Waals surface area contributed by atoms with E-state index in [0.717, 1.165) is 22.4 Å². The molecule has 0 saturated heterocycles. The van der Waals surface area contributed by atoms with Crippen LogP contribution in [0.25, 0.3) is 0 Å². The van der Waals surface area contributed by atoms with E-state index in [-0.39, 0.29) is 11.7 Å². The Balaban J connectivity index is 2.51. The smallest absolute Gasteiger partial charge is 0.142 e. The predicted molar refractivity (Wildman–Crippen MR) is 67.3 cm³/mol. The predicted octanol–water partition coefficient (Wildman–Crippen LogP) is 2.55. The zero-order valence-electron chi connectivity index (χ0n) is 10.7. The van der Waals surface area contributed by atoms with Crippen LogP contribution in [0.2, 0.25) is 0 Å². The summed E-state index contributed by atoms with van der Waals surface area (Å²) in [5, 5.41) is 4.06. The molecular formula is C14H17NO2. The Morgan fingerprint density at radius 1 is 1.29 bits per heavy atom. The van der Waals surface area contributed by atoms with Gasteiger partial charge in [-0.2, -0.15) is 0 Å². The number of nitrogens with zero attached hydrogens (tertiary/aromatic N) is 1. The van der Waals surface area contributed by atoms with E-state index in [1.165, 1.54) is 5.56 Å². The molecule has 0 spiro atoms. The Hall–Kier alpha value is -1.64. The van der Waals surface area contributed by atoms with E-state index < -0.39 is 0 Å². The van der Waals surface area contributed by atoms with Gasteiger partial charge in [-0.3, -0.25) is 4.79 Å². The van der Waals surface area contributed by atoms with Crippen molar-refractivity contribution in [2.45, 2.75) is 27.7 Å². The third kappa shape index (κ3) is 2.09. The van der Waals surface area contributed by atoms with Crippen molar-refractivity contribution in [1.82, 2.24) is 0 Å². The molecule has 0 N–H and O–H groups in total. The number of rotatable bonds is 2. The lowest BCUT2D eigenvalue weighted by atomic mass is 9.88. The third-order valence-corrected chi connectivity index (χ3v) is 3.16. The summed E-state index contributed by atoms with van der Waals surface area (Å²) in [6, 6.07) is 4.22. The maximum Gasteiger partial charge on any atom is 0.142 e. The van der Waals surface area contributed by atoms with Crippen molar-refractivity contribution in [1.29, 1.82) is 0 Å². The average molecular weight is 231 g/mol. The Morgan fingerprint density at radius 2 is 1.88 bits per heavy atom. The van der Waals surface area contributed by atoms with Crippen LogP contribution in [0.5, 0.6) is 0 Å². The number of carbonyl (C=O) groups excluding carboxylic acids is 1. The topological polar surface area (TPSA) is 38.7 Å². The van der Waals surface area contributed by atoms with Crippen LogP contribution in [0.15, 0.2) is 17.3 Å². The number of carbonyl (C=O) groups is 1. The Morgan fingerprint density at radius 3 is 2.41 bits per heavy atom. The zero-order valence-corrected chi connectivity index (χ0v) is 10.7. The van der Waals surface area contributed by atoms with E-state index in [4.69, 9.17) is 4.84 Å². The minimum Gasteiger partial charge on any atom is -0.394 e. The SMILES string of the molecule is CC(=O)[C@H]1CON=C1c1c(C)cc(C)cc1C. The van der Waals surface area contributed by atoms with Gasteiger partial charge in [0, 0.05) is 5.56 Å². The lowest BCUT2D eigenvalue weighted by Gasteiger charge is -2.13. The van der Waals surface area contributed by atoms with Gasteiger partial charge >= 0.3 is 0 Å². The quantitative estimate of drug-likeness (QED) is 0.784. The molecule has 3 nitrogen and oxygen atoms in total. The summed E-state index contributed by atoms with van der Waals surface area (Å²) in [6.45, 7) is 8.13. The standard InChI is InChI=1S/C14H17NO2/c1-8-5-9(2)13(10(3)6-8)14-12(11(4)16)7-17-15-14/h5-6,12H,7H2,1-4H3/t12-/m1/s1. The molecule has 1 aliphatic heterocycles. The molecule has 2 rings (SSSR count). The van der Waals surface area contributed by atoms with E-state index in [2.05, 4.69) is 24.2 Å². The van der Waals surface area contributed by atoms with E-state index >= 15 is 0 Å². The van der Waals surface area contributed by atoms with Gasteiger partial charge in [-0.05, 0) is 38.8 Å². The molecule has 0 amide bonds. The first kappa shape index (κ1) is 11.8. The summed E-state index contributed by atoms with van der Waals surface area (Å²) in [7, 11) is 0. The molecule has 3 heteroatoms. The minimum absolute atomic E-state index is 0.112. The normalized spacial score (nSPS) is 18.8. The van der Waals surface area contributed by atoms with Gasteiger partial charge in [0.25, 0.3) is 0 Å². The van der Waals surface area contributed by atoms with Crippen molar-refractivity contribution in [3.63, 3.8) is 0 Å². The molecule has 1 atom stereocenters. The summed E-state index contributed by atoms with van der Waals surface area (Å²) >= 11 is 0. The average Bonchev–Trinajstić information content (AvgIpc) is 2.64. The molecule has 1 heterocycles. The van der Waals surface area contributed by atoms with E-state index in [1.807, 2.05) is 13.8 Å². The largest absolute Gasteiger partial charge is 0.394 e. The van der Waals surface area contributed by atoms with E-state index in [9.17, 15) is 4.79 Å². The first-order valence-electron chi connectivity index (χ1n) is 5.79. The number of hydrogen-bond donors (Lipinski definition) is 0.